The number of ether oxygens (including phenoxy) is 1. The van der Waals surface area contributed by atoms with Crippen LogP contribution in [0.1, 0.15) is 17.5 Å². The van der Waals surface area contributed by atoms with Crippen LogP contribution in [-0.2, 0) is 32.1 Å². The molecule has 0 saturated carbocycles. The van der Waals surface area contributed by atoms with Gasteiger partial charge in [0.2, 0.25) is 0 Å². The zero-order valence-electron chi connectivity index (χ0n) is 14.3. The largest absolute Gasteiger partial charge is 0.480 e. The third-order valence-corrected chi connectivity index (χ3v) is 4.00. The van der Waals surface area contributed by atoms with E-state index in [2.05, 4.69) is 5.32 Å². The lowest BCUT2D eigenvalue weighted by atomic mass is 9.88. The molecular weight excluding hydrogens is 334 g/mol. The molecule has 2 aromatic carbocycles. The van der Waals surface area contributed by atoms with Gasteiger partial charge in [-0.05, 0) is 11.1 Å². The molecule has 2 aromatic rings. The molecule has 1 atom stereocenters. The van der Waals surface area contributed by atoms with Gasteiger partial charge in [-0.15, -0.1) is 0 Å². The van der Waals surface area contributed by atoms with E-state index in [0.29, 0.717) is 6.29 Å². The second kappa shape index (κ2) is 9.48. The molecule has 0 saturated heterocycles. The van der Waals surface area contributed by atoms with Crippen LogP contribution in [0.4, 0.5) is 0 Å². The molecule has 136 valence electrons. The number of carboxylic acid groups (broad SMARTS) is 1. The zero-order valence-corrected chi connectivity index (χ0v) is 14.3. The number of nitrogens with one attached hydrogen (secondary N) is 1. The van der Waals surface area contributed by atoms with Crippen molar-refractivity contribution < 1.29 is 24.2 Å². The predicted molar refractivity (Wildman–Crippen MR) is 95.4 cm³/mol. The lowest BCUT2D eigenvalue weighted by molar-refractivity contribution is -0.148. The van der Waals surface area contributed by atoms with Gasteiger partial charge in [0.05, 0.1) is 6.54 Å². The molecule has 6 nitrogen and oxygen atoms in total. The van der Waals surface area contributed by atoms with Gasteiger partial charge < -0.3 is 14.6 Å². The summed E-state index contributed by atoms with van der Waals surface area (Å²) in [6.45, 7) is -0.201. The number of rotatable bonds is 10. The molecule has 2 N–H and O–H groups in total. The van der Waals surface area contributed by atoms with Crippen molar-refractivity contribution in [1.29, 1.82) is 0 Å². The average Bonchev–Trinajstić information content (AvgIpc) is 2.66. The van der Waals surface area contributed by atoms with Crippen LogP contribution in [-0.4, -0.2) is 35.4 Å². The topological polar surface area (TPSA) is 92.7 Å². The highest BCUT2D eigenvalue weighted by Crippen LogP contribution is 2.17. The van der Waals surface area contributed by atoms with Crippen LogP contribution >= 0.6 is 0 Å². The van der Waals surface area contributed by atoms with Crippen molar-refractivity contribution in [1.82, 2.24) is 5.32 Å². The molecule has 0 aliphatic carbocycles. The number of carbonyl (C=O) groups excluding carboxylic acids is 2. The van der Waals surface area contributed by atoms with Crippen molar-refractivity contribution in [3.63, 3.8) is 0 Å². The summed E-state index contributed by atoms with van der Waals surface area (Å²) >= 11 is 0. The smallest absolute Gasteiger partial charge is 0.324 e. The predicted octanol–water partition coefficient (Wildman–Crippen LogP) is 1.97. The molecular formula is C20H21NO5. The number of esters is 1. The van der Waals surface area contributed by atoms with E-state index in [4.69, 9.17) is 4.74 Å². The number of hydrogen-bond donors (Lipinski definition) is 2. The van der Waals surface area contributed by atoms with E-state index in [1.54, 1.807) is 24.3 Å². The minimum Gasteiger partial charge on any atom is -0.480 e. The monoisotopic (exact) mass is 355 g/mol. The minimum atomic E-state index is -1.56. The Balaban J connectivity index is 2.00. The Hall–Kier alpha value is -2.99. The molecule has 0 aliphatic rings. The Labute approximate surface area is 151 Å². The maximum Gasteiger partial charge on any atom is 0.324 e. The second-order valence-electron chi connectivity index (χ2n) is 5.92. The minimum absolute atomic E-state index is 0.0773. The van der Waals surface area contributed by atoms with Gasteiger partial charge in [0, 0.05) is 12.8 Å². The molecule has 26 heavy (non-hydrogen) atoms. The fourth-order valence-corrected chi connectivity index (χ4v) is 2.56. The SMILES string of the molecule is O=CCC(Cc1ccccc1)(NCC(=O)OCc1ccccc1)C(=O)O. The molecule has 6 heteroatoms. The highest BCUT2D eigenvalue weighted by Gasteiger charge is 2.38. The number of hydrogen-bond acceptors (Lipinski definition) is 5. The Morgan fingerprint density at radius 1 is 1.00 bits per heavy atom. The van der Waals surface area contributed by atoms with Crippen molar-refractivity contribution in [3.05, 3.63) is 71.8 Å². The van der Waals surface area contributed by atoms with Crippen molar-refractivity contribution in [2.24, 2.45) is 0 Å². The highest BCUT2D eigenvalue weighted by molar-refractivity contribution is 5.84. The molecule has 0 spiro atoms. The van der Waals surface area contributed by atoms with Crippen LogP contribution in [0.5, 0.6) is 0 Å². The van der Waals surface area contributed by atoms with Gasteiger partial charge in [0.25, 0.3) is 0 Å². The van der Waals surface area contributed by atoms with E-state index in [9.17, 15) is 19.5 Å². The zero-order chi connectivity index (χ0) is 18.8. The number of aldehydes is 1. The van der Waals surface area contributed by atoms with Gasteiger partial charge >= 0.3 is 11.9 Å². The summed E-state index contributed by atoms with van der Waals surface area (Å²) in [5.41, 5.74) is 0.0268. The van der Waals surface area contributed by atoms with Crippen molar-refractivity contribution in [2.75, 3.05) is 6.54 Å². The normalized spacial score (nSPS) is 12.8. The van der Waals surface area contributed by atoms with Gasteiger partial charge in [-0.1, -0.05) is 60.7 Å². The maximum absolute atomic E-state index is 12.0. The van der Waals surface area contributed by atoms with E-state index < -0.39 is 17.5 Å². The first-order chi connectivity index (χ1) is 12.6. The van der Waals surface area contributed by atoms with Crippen LogP contribution < -0.4 is 5.32 Å². The van der Waals surface area contributed by atoms with Gasteiger partial charge in [0.1, 0.15) is 18.4 Å². The molecule has 0 aromatic heterocycles. The average molecular weight is 355 g/mol. The summed E-state index contributed by atoms with van der Waals surface area (Å²) in [6, 6.07) is 18.1. The lowest BCUT2D eigenvalue weighted by Gasteiger charge is -2.28. The van der Waals surface area contributed by atoms with Crippen LogP contribution in [0.25, 0.3) is 0 Å². The number of benzene rings is 2. The first-order valence-corrected chi connectivity index (χ1v) is 8.21. The fraction of sp³-hybridized carbons (Fsp3) is 0.250. The summed E-state index contributed by atoms with van der Waals surface area (Å²) in [4.78, 5) is 34.9. The van der Waals surface area contributed by atoms with E-state index >= 15 is 0 Å². The molecule has 1 unspecified atom stereocenters. The first kappa shape index (κ1) is 19.3. The molecule has 2 rings (SSSR count). The number of aliphatic carboxylic acids is 1. The van der Waals surface area contributed by atoms with Crippen LogP contribution in [0.3, 0.4) is 0 Å². The lowest BCUT2D eigenvalue weighted by Crippen LogP contribution is -2.55. The van der Waals surface area contributed by atoms with Crippen LogP contribution in [0.2, 0.25) is 0 Å². The van der Waals surface area contributed by atoms with Crippen molar-refractivity contribution in [3.8, 4) is 0 Å². The summed E-state index contributed by atoms with van der Waals surface area (Å²) in [7, 11) is 0. The first-order valence-electron chi connectivity index (χ1n) is 8.21. The molecule has 0 aliphatic heterocycles. The van der Waals surface area contributed by atoms with Gasteiger partial charge in [-0.2, -0.15) is 0 Å². The Bertz CT molecular complexity index is 732. The Kier molecular flexibility index (Phi) is 7.05. The van der Waals surface area contributed by atoms with Gasteiger partial charge in [0.15, 0.2) is 0 Å². The Morgan fingerprint density at radius 2 is 1.58 bits per heavy atom. The van der Waals surface area contributed by atoms with Crippen LogP contribution in [0.15, 0.2) is 60.7 Å². The van der Waals surface area contributed by atoms with Gasteiger partial charge in [-0.3, -0.25) is 14.9 Å². The third kappa shape index (κ3) is 5.53. The summed E-state index contributed by atoms with van der Waals surface area (Å²) in [5, 5.41) is 12.4. The summed E-state index contributed by atoms with van der Waals surface area (Å²) in [6.07, 6.45) is 0.358. The van der Waals surface area contributed by atoms with Gasteiger partial charge in [-0.25, -0.2) is 0 Å². The number of carbonyl (C=O) groups is 3. The second-order valence-corrected chi connectivity index (χ2v) is 5.92. The van der Waals surface area contributed by atoms with E-state index in [1.165, 1.54) is 0 Å². The molecule has 0 radical (unpaired) electrons. The molecule has 0 heterocycles. The van der Waals surface area contributed by atoms with E-state index in [-0.39, 0.29) is 26.0 Å². The molecule has 0 amide bonds. The fourth-order valence-electron chi connectivity index (χ4n) is 2.56. The molecule has 0 bridgehead atoms. The summed E-state index contributed by atoms with van der Waals surface area (Å²) < 4.78 is 5.15. The van der Waals surface area contributed by atoms with E-state index in [1.807, 2.05) is 36.4 Å². The highest BCUT2D eigenvalue weighted by atomic mass is 16.5. The maximum atomic E-state index is 12.0. The summed E-state index contributed by atoms with van der Waals surface area (Å²) in [5.74, 6) is -1.78. The third-order valence-electron chi connectivity index (χ3n) is 4.00. The standard InChI is InChI=1S/C20H21NO5/c22-12-11-20(19(24)25,13-16-7-3-1-4-8-16)21-14-18(23)26-15-17-9-5-2-6-10-17/h1-10,12,21H,11,13-15H2,(H,24,25). The molecule has 0 fully saturated rings. The van der Waals surface area contributed by atoms with Crippen molar-refractivity contribution in [2.45, 2.75) is 25.0 Å². The number of carboxylic acids is 1. The van der Waals surface area contributed by atoms with Crippen LogP contribution in [0, 0.1) is 0 Å². The Morgan fingerprint density at radius 3 is 2.12 bits per heavy atom. The van der Waals surface area contributed by atoms with Crippen molar-refractivity contribution >= 4 is 18.2 Å². The quantitative estimate of drug-likeness (QED) is 0.500. The van der Waals surface area contributed by atoms with E-state index in [0.717, 1.165) is 11.1 Å².